The molecule has 0 aliphatic carbocycles. The van der Waals surface area contributed by atoms with Crippen LogP contribution in [0.15, 0.2) is 0 Å². The van der Waals surface area contributed by atoms with E-state index in [4.69, 9.17) is 9.84 Å². The molecule has 0 saturated carbocycles. The molecule has 0 aromatic carbocycles. The summed E-state index contributed by atoms with van der Waals surface area (Å²) in [5, 5.41) is 6.99. The Balaban J connectivity index is 4.01. The molecule has 0 aliphatic heterocycles. The summed E-state index contributed by atoms with van der Waals surface area (Å²) in [6, 6.07) is 0. The van der Waals surface area contributed by atoms with E-state index in [2.05, 4.69) is 4.74 Å². The highest BCUT2D eigenvalue weighted by molar-refractivity contribution is 8.14. The van der Waals surface area contributed by atoms with Crippen molar-refractivity contribution in [1.29, 1.82) is 0 Å². The maximum atomic E-state index is 11.5. The number of hydrogen-bond acceptors (Lipinski definition) is 7. The van der Waals surface area contributed by atoms with Gasteiger partial charge in [-0.25, -0.2) is 4.79 Å². The van der Waals surface area contributed by atoms with E-state index in [0.29, 0.717) is 11.8 Å². The first kappa shape index (κ1) is 19.4. The van der Waals surface area contributed by atoms with Gasteiger partial charge in [0.2, 0.25) is 6.79 Å². The average Bonchev–Trinajstić information content (AvgIpc) is 2.34. The molecule has 1 atom stereocenters. The fourth-order valence-electron chi connectivity index (χ4n) is 1.03. The van der Waals surface area contributed by atoms with Crippen molar-refractivity contribution in [1.82, 2.24) is 0 Å². The Morgan fingerprint density at radius 1 is 1.10 bits per heavy atom. The van der Waals surface area contributed by atoms with Crippen molar-refractivity contribution in [2.45, 2.75) is 45.8 Å². The van der Waals surface area contributed by atoms with Crippen molar-refractivity contribution in [3.63, 3.8) is 0 Å². The zero-order valence-electron chi connectivity index (χ0n) is 12.5. The molecule has 1 unspecified atom stereocenters. The van der Waals surface area contributed by atoms with Gasteiger partial charge in [0.05, 0.1) is 17.1 Å². The van der Waals surface area contributed by atoms with Gasteiger partial charge < -0.3 is 14.6 Å². The van der Waals surface area contributed by atoms with Crippen LogP contribution in [0, 0.1) is 5.41 Å². The first-order chi connectivity index (χ1) is 9.54. The molecule has 120 valence electrons. The number of thioether (sulfide) groups is 1. The van der Waals surface area contributed by atoms with Gasteiger partial charge in [-0.15, -0.1) is 0 Å². The molecular formula is C13H20O7S. The van der Waals surface area contributed by atoms with E-state index < -0.39 is 34.7 Å². The maximum Gasteiger partial charge on any atom is 0.370 e. The summed E-state index contributed by atoms with van der Waals surface area (Å²) in [5.74, 6) is -1.94. The number of hydrogen-bond donors (Lipinski definition) is 1. The Morgan fingerprint density at radius 3 is 2.14 bits per heavy atom. The summed E-state index contributed by atoms with van der Waals surface area (Å²) in [4.78, 5) is 44.7. The summed E-state index contributed by atoms with van der Waals surface area (Å²) in [5.41, 5.74) is -0.695. The summed E-state index contributed by atoms with van der Waals surface area (Å²) in [6.45, 7) is 5.95. The number of carbonyl (C=O) groups excluding carboxylic acids is 3. The third-order valence-electron chi connectivity index (χ3n) is 2.29. The van der Waals surface area contributed by atoms with Gasteiger partial charge in [0, 0.05) is 6.42 Å². The van der Waals surface area contributed by atoms with E-state index >= 15 is 0 Å². The van der Waals surface area contributed by atoms with Crippen LogP contribution in [0.5, 0.6) is 0 Å². The molecule has 8 heteroatoms. The minimum Gasteiger partial charge on any atom is -0.481 e. The normalized spacial score (nSPS) is 12.4. The lowest BCUT2D eigenvalue weighted by Gasteiger charge is -2.16. The standard InChI is InChI=1S/C13H20O7S/c1-8(9(14)5-6-10(15)16)21-12(18)20-7-19-11(17)13(2,3)4/h8H,5-7H2,1-4H3,(H,15,16). The molecule has 0 rings (SSSR count). The van der Waals surface area contributed by atoms with Gasteiger partial charge in [0.1, 0.15) is 5.78 Å². The number of carbonyl (C=O) groups is 4. The fourth-order valence-corrected chi connectivity index (χ4v) is 1.68. The van der Waals surface area contributed by atoms with Crippen molar-refractivity contribution in [2.75, 3.05) is 6.79 Å². The Kier molecular flexibility index (Phi) is 8.01. The van der Waals surface area contributed by atoms with Gasteiger partial charge in [-0.3, -0.25) is 14.4 Å². The van der Waals surface area contributed by atoms with Crippen molar-refractivity contribution in [2.24, 2.45) is 5.41 Å². The van der Waals surface area contributed by atoms with Crippen LogP contribution in [0.3, 0.4) is 0 Å². The van der Waals surface area contributed by atoms with Gasteiger partial charge in [-0.05, 0) is 39.5 Å². The number of carboxylic acids is 1. The van der Waals surface area contributed by atoms with Crippen LogP contribution >= 0.6 is 11.8 Å². The topological polar surface area (TPSA) is 107 Å². The molecule has 21 heavy (non-hydrogen) atoms. The Labute approximate surface area is 127 Å². The fraction of sp³-hybridized carbons (Fsp3) is 0.692. The summed E-state index contributed by atoms with van der Waals surface area (Å²) in [7, 11) is 0. The molecule has 0 aromatic heterocycles. The van der Waals surface area contributed by atoms with E-state index in [1.54, 1.807) is 20.8 Å². The molecule has 0 aromatic rings. The number of aliphatic carboxylic acids is 1. The van der Waals surface area contributed by atoms with Crippen molar-refractivity contribution in [3.8, 4) is 0 Å². The zero-order chi connectivity index (χ0) is 16.6. The first-order valence-electron chi connectivity index (χ1n) is 6.29. The van der Waals surface area contributed by atoms with E-state index in [-0.39, 0.29) is 18.6 Å². The van der Waals surface area contributed by atoms with Crippen LogP contribution in [-0.2, 0) is 23.9 Å². The van der Waals surface area contributed by atoms with E-state index in [1.165, 1.54) is 6.92 Å². The lowest BCUT2D eigenvalue weighted by Crippen LogP contribution is -2.24. The third-order valence-corrected chi connectivity index (χ3v) is 3.22. The van der Waals surface area contributed by atoms with E-state index in [9.17, 15) is 19.2 Å². The summed E-state index contributed by atoms with van der Waals surface area (Å²) < 4.78 is 9.41. The molecule has 1 N–H and O–H groups in total. The van der Waals surface area contributed by atoms with Crippen molar-refractivity contribution < 1.29 is 33.8 Å². The molecule has 0 bridgehead atoms. The summed E-state index contributed by atoms with van der Waals surface area (Å²) in [6.07, 6.45) is -0.419. The number of rotatable bonds is 7. The van der Waals surface area contributed by atoms with Crippen LogP contribution in [0.25, 0.3) is 0 Å². The van der Waals surface area contributed by atoms with E-state index in [1.807, 2.05) is 0 Å². The largest absolute Gasteiger partial charge is 0.481 e. The average molecular weight is 320 g/mol. The second-order valence-electron chi connectivity index (χ2n) is 5.31. The second kappa shape index (κ2) is 8.66. The molecule has 0 fully saturated rings. The van der Waals surface area contributed by atoms with Crippen LogP contribution in [0.4, 0.5) is 4.79 Å². The predicted octanol–water partition coefficient (Wildman–Crippen LogP) is 2.23. The molecule has 7 nitrogen and oxygen atoms in total. The quantitative estimate of drug-likeness (QED) is 0.562. The smallest absolute Gasteiger partial charge is 0.370 e. The molecule has 0 aliphatic rings. The molecule has 0 amide bonds. The Bertz CT molecular complexity index is 411. The lowest BCUT2D eigenvalue weighted by molar-refractivity contribution is -0.160. The van der Waals surface area contributed by atoms with Crippen LogP contribution in [-0.4, -0.2) is 40.2 Å². The summed E-state index contributed by atoms with van der Waals surface area (Å²) >= 11 is 0.624. The number of Topliss-reactive ketones (excluding diaryl/α,β-unsaturated/α-hetero) is 1. The number of carboxylic acid groups (broad SMARTS) is 1. The van der Waals surface area contributed by atoms with Crippen LogP contribution in [0.1, 0.15) is 40.5 Å². The van der Waals surface area contributed by atoms with Gasteiger partial charge in [0.15, 0.2) is 0 Å². The maximum absolute atomic E-state index is 11.5. The minimum atomic E-state index is -1.07. The second-order valence-corrected chi connectivity index (χ2v) is 6.59. The van der Waals surface area contributed by atoms with Crippen LogP contribution in [0.2, 0.25) is 0 Å². The highest BCUT2D eigenvalue weighted by atomic mass is 32.2. The van der Waals surface area contributed by atoms with Gasteiger partial charge in [-0.1, -0.05) is 0 Å². The van der Waals surface area contributed by atoms with Gasteiger partial charge >= 0.3 is 17.2 Å². The third kappa shape index (κ3) is 9.06. The number of esters is 1. The van der Waals surface area contributed by atoms with Crippen molar-refractivity contribution in [3.05, 3.63) is 0 Å². The molecule has 0 heterocycles. The number of ether oxygens (including phenoxy) is 2. The number of ketones is 1. The minimum absolute atomic E-state index is 0.143. The first-order valence-corrected chi connectivity index (χ1v) is 7.17. The highest BCUT2D eigenvalue weighted by Gasteiger charge is 2.24. The SMILES string of the molecule is CC(SC(=O)OCOC(=O)C(C)(C)C)C(=O)CCC(=O)O. The predicted molar refractivity (Wildman–Crippen MR) is 75.8 cm³/mol. The zero-order valence-corrected chi connectivity index (χ0v) is 13.3. The highest BCUT2D eigenvalue weighted by Crippen LogP contribution is 2.18. The Morgan fingerprint density at radius 2 is 1.67 bits per heavy atom. The molecule has 0 radical (unpaired) electrons. The molecule has 0 saturated heterocycles. The van der Waals surface area contributed by atoms with E-state index in [0.717, 1.165) is 0 Å². The van der Waals surface area contributed by atoms with Crippen molar-refractivity contribution >= 4 is 34.8 Å². The van der Waals surface area contributed by atoms with Crippen LogP contribution < -0.4 is 0 Å². The molecular weight excluding hydrogens is 300 g/mol. The van der Waals surface area contributed by atoms with Gasteiger partial charge in [0.25, 0.3) is 0 Å². The molecule has 0 spiro atoms. The Hall–Kier alpha value is -1.57. The van der Waals surface area contributed by atoms with Gasteiger partial charge in [-0.2, -0.15) is 0 Å². The monoisotopic (exact) mass is 320 g/mol. The lowest BCUT2D eigenvalue weighted by atomic mass is 9.98.